The van der Waals surface area contributed by atoms with E-state index in [4.69, 9.17) is 20.8 Å². The van der Waals surface area contributed by atoms with Crippen LogP contribution < -0.4 is 15.5 Å². The molecular weight excluding hydrogens is 409 g/mol. The van der Waals surface area contributed by atoms with Crippen LogP contribution in [0.5, 0.6) is 5.75 Å². The first kappa shape index (κ1) is 19.7. The molecule has 0 atom stereocenters. The summed E-state index contributed by atoms with van der Waals surface area (Å²) in [4.78, 5) is 24.6. The second kappa shape index (κ2) is 8.39. The number of hydrogen-bond donors (Lipinski definition) is 1. The largest absolute Gasteiger partial charge is 0.484 e. The normalized spacial score (nSPS) is 10.7. The molecule has 3 aromatic carbocycles. The predicted octanol–water partition coefficient (Wildman–Crippen LogP) is 5.27. The monoisotopic (exact) mass is 423 g/mol. The van der Waals surface area contributed by atoms with Crippen molar-refractivity contribution in [3.63, 3.8) is 0 Å². The topological polar surface area (TPSA) is 68.5 Å². The Bertz CT molecular complexity index is 1270. The molecule has 4 aromatic rings. The van der Waals surface area contributed by atoms with E-state index in [9.17, 15) is 14.0 Å². The summed E-state index contributed by atoms with van der Waals surface area (Å²) in [5.74, 6) is -0.0231. The Morgan fingerprint density at radius 2 is 1.73 bits per heavy atom. The van der Waals surface area contributed by atoms with Crippen LogP contribution in [-0.4, -0.2) is 12.5 Å². The number of nitrogens with one attached hydrogen (secondary N) is 1. The summed E-state index contributed by atoms with van der Waals surface area (Å²) >= 11 is 5.90. The second-order valence-corrected chi connectivity index (χ2v) is 6.92. The minimum absolute atomic E-state index is 0.234. The summed E-state index contributed by atoms with van der Waals surface area (Å²) in [6, 6.07) is 18.5. The van der Waals surface area contributed by atoms with Gasteiger partial charge in [0.1, 0.15) is 22.9 Å². The molecule has 1 aromatic heterocycles. The zero-order chi connectivity index (χ0) is 21.1. The lowest BCUT2D eigenvalue weighted by atomic mass is 10.1. The maximum Gasteiger partial charge on any atom is 0.262 e. The molecule has 0 aliphatic carbocycles. The van der Waals surface area contributed by atoms with Gasteiger partial charge >= 0.3 is 0 Å². The quantitative estimate of drug-likeness (QED) is 0.474. The van der Waals surface area contributed by atoms with Gasteiger partial charge in [0.15, 0.2) is 12.0 Å². The molecule has 0 bridgehead atoms. The van der Waals surface area contributed by atoms with E-state index in [1.807, 2.05) is 0 Å². The third-order valence-electron chi connectivity index (χ3n) is 4.33. The summed E-state index contributed by atoms with van der Waals surface area (Å²) in [5, 5.41) is 3.52. The Balaban J connectivity index is 1.49. The number of carbonyl (C=O) groups excluding carboxylic acids is 1. The fourth-order valence-electron chi connectivity index (χ4n) is 2.86. The molecule has 4 rings (SSSR count). The molecule has 7 heteroatoms. The molecule has 0 radical (unpaired) electrons. The second-order valence-electron chi connectivity index (χ2n) is 6.48. The molecule has 1 amide bonds. The van der Waals surface area contributed by atoms with Crippen molar-refractivity contribution in [2.75, 3.05) is 11.9 Å². The van der Waals surface area contributed by atoms with Gasteiger partial charge in [-0.25, -0.2) is 4.39 Å². The van der Waals surface area contributed by atoms with E-state index in [-0.39, 0.29) is 12.0 Å². The van der Waals surface area contributed by atoms with Gasteiger partial charge in [-0.3, -0.25) is 9.59 Å². The molecule has 30 heavy (non-hydrogen) atoms. The molecule has 0 aliphatic heterocycles. The van der Waals surface area contributed by atoms with Crippen LogP contribution in [-0.2, 0) is 4.79 Å². The van der Waals surface area contributed by atoms with Gasteiger partial charge < -0.3 is 14.5 Å². The maximum atomic E-state index is 12.9. The van der Waals surface area contributed by atoms with Crippen molar-refractivity contribution in [3.8, 4) is 17.1 Å². The van der Waals surface area contributed by atoms with Crippen molar-refractivity contribution in [1.82, 2.24) is 0 Å². The first-order valence-electron chi connectivity index (χ1n) is 9.00. The molecule has 1 heterocycles. The van der Waals surface area contributed by atoms with Crippen molar-refractivity contribution in [2.45, 2.75) is 0 Å². The molecule has 0 spiro atoms. The standard InChI is InChI=1S/C23H15ClFNO4/c24-15-3-1-14(2-4-15)22-12-20(27)19-11-18(9-10-21(19)30-22)29-13-23(28)26-17-7-5-16(25)6-8-17/h1-12H,13H2,(H,26,28). The molecule has 150 valence electrons. The van der Waals surface area contributed by atoms with Crippen LogP contribution in [0.25, 0.3) is 22.3 Å². The van der Waals surface area contributed by atoms with Crippen molar-refractivity contribution in [3.05, 3.63) is 93.9 Å². The minimum Gasteiger partial charge on any atom is -0.484 e. The number of carbonyl (C=O) groups is 1. The van der Waals surface area contributed by atoms with Crippen LogP contribution in [0.4, 0.5) is 10.1 Å². The highest BCUT2D eigenvalue weighted by Crippen LogP contribution is 2.25. The van der Waals surface area contributed by atoms with Crippen LogP contribution in [0.15, 0.2) is 82.0 Å². The average Bonchev–Trinajstić information content (AvgIpc) is 2.74. The summed E-state index contributed by atoms with van der Waals surface area (Å²) < 4.78 is 24.2. The third kappa shape index (κ3) is 4.50. The molecule has 0 fully saturated rings. The van der Waals surface area contributed by atoms with Crippen LogP contribution >= 0.6 is 11.6 Å². The lowest BCUT2D eigenvalue weighted by Gasteiger charge is -2.09. The van der Waals surface area contributed by atoms with Gasteiger partial charge in [0.2, 0.25) is 0 Å². The Labute approximate surface area is 175 Å². The summed E-state index contributed by atoms with van der Waals surface area (Å²) in [5.41, 5.74) is 1.35. The zero-order valence-corrected chi connectivity index (χ0v) is 16.3. The number of fused-ring (bicyclic) bond motifs is 1. The van der Waals surface area contributed by atoms with E-state index >= 15 is 0 Å². The smallest absolute Gasteiger partial charge is 0.262 e. The summed E-state index contributed by atoms with van der Waals surface area (Å²) in [6.07, 6.45) is 0. The lowest BCUT2D eigenvalue weighted by molar-refractivity contribution is -0.118. The zero-order valence-electron chi connectivity index (χ0n) is 15.5. The number of hydrogen-bond acceptors (Lipinski definition) is 4. The minimum atomic E-state index is -0.410. The molecule has 0 aliphatic rings. The highest BCUT2D eigenvalue weighted by atomic mass is 35.5. The van der Waals surface area contributed by atoms with Gasteiger partial charge in [-0.2, -0.15) is 0 Å². The highest BCUT2D eigenvalue weighted by Gasteiger charge is 2.10. The summed E-state index contributed by atoms with van der Waals surface area (Å²) in [6.45, 7) is -0.267. The molecule has 1 N–H and O–H groups in total. The number of ether oxygens (including phenoxy) is 1. The maximum absolute atomic E-state index is 12.9. The lowest BCUT2D eigenvalue weighted by Crippen LogP contribution is -2.20. The summed E-state index contributed by atoms with van der Waals surface area (Å²) in [7, 11) is 0. The molecule has 0 saturated carbocycles. The SMILES string of the molecule is O=C(COc1ccc2oc(-c3ccc(Cl)cc3)cc(=O)c2c1)Nc1ccc(F)cc1. The number of anilines is 1. The molecule has 5 nitrogen and oxygen atoms in total. The van der Waals surface area contributed by atoms with Gasteiger partial charge in [-0.05, 0) is 66.7 Å². The van der Waals surface area contributed by atoms with E-state index in [0.29, 0.717) is 33.2 Å². The van der Waals surface area contributed by atoms with Crippen LogP contribution in [0.2, 0.25) is 5.02 Å². The Kier molecular flexibility index (Phi) is 5.50. The fraction of sp³-hybridized carbons (Fsp3) is 0.0435. The number of rotatable bonds is 5. The van der Waals surface area contributed by atoms with Crippen molar-refractivity contribution in [2.24, 2.45) is 0 Å². The van der Waals surface area contributed by atoms with Crippen LogP contribution in [0, 0.1) is 5.82 Å². The van der Waals surface area contributed by atoms with Crippen molar-refractivity contribution < 1.29 is 18.3 Å². The molecule has 0 saturated heterocycles. The fourth-order valence-corrected chi connectivity index (χ4v) is 2.99. The van der Waals surface area contributed by atoms with E-state index in [2.05, 4.69) is 5.32 Å². The van der Waals surface area contributed by atoms with Gasteiger partial charge in [-0.1, -0.05) is 11.6 Å². The Morgan fingerprint density at radius 1 is 1.00 bits per heavy atom. The Hall–Kier alpha value is -3.64. The number of amides is 1. The van der Waals surface area contributed by atoms with Gasteiger partial charge in [0.05, 0.1) is 5.39 Å². The van der Waals surface area contributed by atoms with Gasteiger partial charge in [0.25, 0.3) is 5.91 Å². The average molecular weight is 424 g/mol. The van der Waals surface area contributed by atoms with E-state index in [0.717, 1.165) is 5.56 Å². The predicted molar refractivity (Wildman–Crippen MR) is 113 cm³/mol. The van der Waals surface area contributed by atoms with E-state index in [1.165, 1.54) is 36.4 Å². The first-order valence-corrected chi connectivity index (χ1v) is 9.38. The van der Waals surface area contributed by atoms with Crippen molar-refractivity contribution in [1.29, 1.82) is 0 Å². The number of benzene rings is 3. The molecule has 0 unspecified atom stereocenters. The Morgan fingerprint density at radius 3 is 2.47 bits per heavy atom. The van der Waals surface area contributed by atoms with Crippen LogP contribution in [0.1, 0.15) is 0 Å². The van der Waals surface area contributed by atoms with E-state index in [1.54, 1.807) is 36.4 Å². The van der Waals surface area contributed by atoms with Gasteiger partial charge in [0, 0.05) is 22.3 Å². The van der Waals surface area contributed by atoms with E-state index < -0.39 is 11.7 Å². The number of halogens is 2. The van der Waals surface area contributed by atoms with Crippen molar-refractivity contribution >= 4 is 34.2 Å². The first-order chi connectivity index (χ1) is 14.5. The molecular formula is C23H15ClFNO4. The highest BCUT2D eigenvalue weighted by molar-refractivity contribution is 6.30. The van der Waals surface area contributed by atoms with Crippen LogP contribution in [0.3, 0.4) is 0 Å². The van der Waals surface area contributed by atoms with Gasteiger partial charge in [-0.15, -0.1) is 0 Å². The third-order valence-corrected chi connectivity index (χ3v) is 4.58.